The number of hydrogen-bond donors (Lipinski definition) is 2. The van der Waals surface area contributed by atoms with E-state index in [0.29, 0.717) is 12.1 Å². The lowest BCUT2D eigenvalue weighted by atomic mass is 9.90. The Hall–Kier alpha value is -2.57. The molecule has 2 N–H and O–H groups in total. The van der Waals surface area contributed by atoms with Gasteiger partial charge in [0.2, 0.25) is 0 Å². The maximum absolute atomic E-state index is 11.9. The minimum atomic E-state index is -0.00665. The number of aromatic amines is 1. The van der Waals surface area contributed by atoms with Crippen LogP contribution in [-0.4, -0.2) is 50.6 Å². The van der Waals surface area contributed by atoms with Crippen LogP contribution >= 0.6 is 0 Å². The largest absolute Gasteiger partial charge is 0.346 e. The van der Waals surface area contributed by atoms with Crippen LogP contribution in [0.5, 0.6) is 0 Å². The van der Waals surface area contributed by atoms with Gasteiger partial charge in [0.1, 0.15) is 17.0 Å². The van der Waals surface area contributed by atoms with E-state index in [-0.39, 0.29) is 6.03 Å². The molecule has 1 aliphatic carbocycles. The average Bonchev–Trinajstić information content (AvgIpc) is 3.23. The van der Waals surface area contributed by atoms with Gasteiger partial charge in [0.25, 0.3) is 0 Å². The van der Waals surface area contributed by atoms with E-state index in [1.807, 2.05) is 24.3 Å². The fourth-order valence-electron chi connectivity index (χ4n) is 4.20. The second kappa shape index (κ2) is 6.06. The van der Waals surface area contributed by atoms with Crippen LogP contribution in [0.2, 0.25) is 0 Å². The summed E-state index contributed by atoms with van der Waals surface area (Å²) in [5.74, 6) is 1.04. The first-order valence-electron chi connectivity index (χ1n) is 8.85. The number of aryl methyl sites for hydroxylation is 1. The number of rotatable bonds is 2. The number of aromatic nitrogens is 4. The van der Waals surface area contributed by atoms with Crippen molar-refractivity contribution >= 4 is 28.1 Å². The Morgan fingerprint density at radius 3 is 2.84 bits per heavy atom. The second-order valence-electron chi connectivity index (χ2n) is 6.89. The zero-order valence-corrected chi connectivity index (χ0v) is 14.9. The van der Waals surface area contributed by atoms with Gasteiger partial charge in [-0.25, -0.2) is 14.8 Å². The third kappa shape index (κ3) is 2.54. The average molecular weight is 340 g/mol. The van der Waals surface area contributed by atoms with Gasteiger partial charge in [0.05, 0.1) is 11.7 Å². The molecule has 0 aromatic carbocycles. The minimum Gasteiger partial charge on any atom is -0.346 e. The van der Waals surface area contributed by atoms with Crippen LogP contribution < -0.4 is 5.32 Å². The standard InChI is InChI=1S/C18H24N6O/c1-11-22-15-10-21-17-14(8-9-20-17)16(15)24(11)13-6-4-12(5-7-13)23(3)18(25)19-2/h8-10,12-13H,4-7H2,1-3H3,(H,19,25)(H,20,21). The molecule has 25 heavy (non-hydrogen) atoms. The molecule has 1 fully saturated rings. The van der Waals surface area contributed by atoms with E-state index in [2.05, 4.69) is 32.8 Å². The van der Waals surface area contributed by atoms with Crippen molar-refractivity contribution in [3.63, 3.8) is 0 Å². The van der Waals surface area contributed by atoms with Gasteiger partial charge in [-0.1, -0.05) is 0 Å². The summed E-state index contributed by atoms with van der Waals surface area (Å²) in [5, 5.41) is 3.84. The fourth-order valence-corrected chi connectivity index (χ4v) is 4.20. The first-order chi connectivity index (χ1) is 12.1. The zero-order chi connectivity index (χ0) is 17.6. The number of carbonyl (C=O) groups is 1. The number of fused-ring (bicyclic) bond motifs is 3. The summed E-state index contributed by atoms with van der Waals surface area (Å²) < 4.78 is 2.38. The van der Waals surface area contributed by atoms with Gasteiger partial charge in [-0.2, -0.15) is 0 Å². The lowest BCUT2D eigenvalue weighted by molar-refractivity contribution is 0.164. The molecule has 0 spiro atoms. The summed E-state index contributed by atoms with van der Waals surface area (Å²) in [5.41, 5.74) is 3.03. The maximum atomic E-state index is 11.9. The highest BCUT2D eigenvalue weighted by Gasteiger charge is 2.29. The van der Waals surface area contributed by atoms with E-state index < -0.39 is 0 Å². The molecular formula is C18H24N6O. The van der Waals surface area contributed by atoms with Crippen LogP contribution in [-0.2, 0) is 0 Å². The van der Waals surface area contributed by atoms with Crippen molar-refractivity contribution in [3.8, 4) is 0 Å². The summed E-state index contributed by atoms with van der Waals surface area (Å²) in [6, 6.07) is 2.79. The Bertz CT molecular complexity index is 918. The Labute approximate surface area is 146 Å². The van der Waals surface area contributed by atoms with Gasteiger partial charge >= 0.3 is 6.03 Å². The van der Waals surface area contributed by atoms with Crippen LogP contribution in [0.1, 0.15) is 37.5 Å². The molecular weight excluding hydrogens is 316 g/mol. The summed E-state index contributed by atoms with van der Waals surface area (Å²) >= 11 is 0. The number of pyridine rings is 1. The van der Waals surface area contributed by atoms with Crippen LogP contribution in [0.4, 0.5) is 4.79 Å². The predicted octanol–water partition coefficient (Wildman–Crippen LogP) is 2.98. The smallest absolute Gasteiger partial charge is 0.317 e. The number of amides is 2. The van der Waals surface area contributed by atoms with Crippen LogP contribution in [0.25, 0.3) is 22.1 Å². The number of carbonyl (C=O) groups excluding carboxylic acids is 1. The second-order valence-corrected chi connectivity index (χ2v) is 6.89. The van der Waals surface area contributed by atoms with Crippen molar-refractivity contribution in [1.29, 1.82) is 0 Å². The van der Waals surface area contributed by atoms with E-state index in [9.17, 15) is 4.79 Å². The molecule has 0 atom stereocenters. The topological polar surface area (TPSA) is 78.8 Å². The summed E-state index contributed by atoms with van der Waals surface area (Å²) in [6.07, 6.45) is 7.89. The number of nitrogens with one attached hydrogen (secondary N) is 2. The van der Waals surface area contributed by atoms with Gasteiger partial charge in [0.15, 0.2) is 0 Å². The van der Waals surface area contributed by atoms with Gasteiger partial charge in [-0.15, -0.1) is 0 Å². The minimum absolute atomic E-state index is 0.00665. The number of hydrogen-bond acceptors (Lipinski definition) is 3. The molecule has 132 valence electrons. The first kappa shape index (κ1) is 15.9. The Balaban J connectivity index is 1.64. The zero-order valence-electron chi connectivity index (χ0n) is 14.9. The number of imidazole rings is 1. The highest BCUT2D eigenvalue weighted by atomic mass is 16.2. The maximum Gasteiger partial charge on any atom is 0.317 e. The van der Waals surface area contributed by atoms with E-state index in [4.69, 9.17) is 4.98 Å². The molecule has 7 nitrogen and oxygen atoms in total. The molecule has 1 aliphatic rings. The number of urea groups is 1. The number of H-pyrrole nitrogens is 1. The van der Waals surface area contributed by atoms with Crippen LogP contribution in [0, 0.1) is 6.92 Å². The van der Waals surface area contributed by atoms with Gasteiger partial charge in [-0.05, 0) is 38.7 Å². The monoisotopic (exact) mass is 340 g/mol. The number of nitrogens with zero attached hydrogens (tertiary/aromatic N) is 4. The van der Waals surface area contributed by atoms with Crippen molar-refractivity contribution in [2.24, 2.45) is 0 Å². The van der Waals surface area contributed by atoms with Crippen LogP contribution in [0.15, 0.2) is 18.5 Å². The van der Waals surface area contributed by atoms with E-state index in [1.54, 1.807) is 7.05 Å². The molecule has 0 bridgehead atoms. The molecule has 0 aliphatic heterocycles. The third-order valence-electron chi connectivity index (χ3n) is 5.52. The molecule has 0 saturated heterocycles. The van der Waals surface area contributed by atoms with Crippen LogP contribution in [0.3, 0.4) is 0 Å². The van der Waals surface area contributed by atoms with Crippen molar-refractivity contribution in [3.05, 3.63) is 24.3 Å². The molecule has 0 unspecified atom stereocenters. The van der Waals surface area contributed by atoms with Crippen molar-refractivity contribution in [2.45, 2.75) is 44.7 Å². The van der Waals surface area contributed by atoms with E-state index >= 15 is 0 Å². The van der Waals surface area contributed by atoms with Crippen molar-refractivity contribution < 1.29 is 4.79 Å². The highest BCUT2D eigenvalue weighted by Crippen LogP contribution is 2.35. The molecule has 2 amide bonds. The van der Waals surface area contributed by atoms with Gasteiger partial charge in [0, 0.05) is 37.8 Å². The summed E-state index contributed by atoms with van der Waals surface area (Å²) in [7, 11) is 3.57. The Kier molecular flexibility index (Phi) is 3.86. The van der Waals surface area contributed by atoms with Crippen molar-refractivity contribution in [1.82, 2.24) is 29.7 Å². The third-order valence-corrected chi connectivity index (χ3v) is 5.52. The molecule has 3 aromatic heterocycles. The van der Waals surface area contributed by atoms with Gasteiger partial charge in [-0.3, -0.25) is 0 Å². The summed E-state index contributed by atoms with van der Waals surface area (Å²) in [4.78, 5) is 26.1. The lowest BCUT2D eigenvalue weighted by Gasteiger charge is -2.35. The highest BCUT2D eigenvalue weighted by molar-refractivity contribution is 6.01. The molecule has 3 heterocycles. The first-order valence-corrected chi connectivity index (χ1v) is 8.85. The molecule has 7 heteroatoms. The molecule has 0 radical (unpaired) electrons. The lowest BCUT2D eigenvalue weighted by Crippen LogP contribution is -2.44. The SMILES string of the molecule is CNC(=O)N(C)C1CCC(n2c(C)nc3cnc4[nH]ccc4c32)CC1. The normalized spacial score (nSPS) is 20.9. The van der Waals surface area contributed by atoms with Gasteiger partial charge < -0.3 is 19.8 Å². The predicted molar refractivity (Wildman–Crippen MR) is 97.6 cm³/mol. The Morgan fingerprint density at radius 2 is 2.12 bits per heavy atom. The fraction of sp³-hybridized carbons (Fsp3) is 0.500. The van der Waals surface area contributed by atoms with E-state index in [0.717, 1.165) is 48.1 Å². The molecule has 3 aromatic rings. The van der Waals surface area contributed by atoms with E-state index in [1.165, 1.54) is 5.52 Å². The Morgan fingerprint density at radius 1 is 1.36 bits per heavy atom. The molecule has 1 saturated carbocycles. The van der Waals surface area contributed by atoms with Crippen molar-refractivity contribution in [2.75, 3.05) is 14.1 Å². The quantitative estimate of drug-likeness (QED) is 0.753. The summed E-state index contributed by atoms with van der Waals surface area (Å²) in [6.45, 7) is 2.07. The molecule has 4 rings (SSSR count).